The van der Waals surface area contributed by atoms with Crippen molar-refractivity contribution in [2.24, 2.45) is 5.73 Å². The number of primary amides is 1. The molecule has 0 saturated heterocycles. The topological polar surface area (TPSA) is 131 Å². The standard InChI is InChI=1S/C21H19N5O3S3/c1-11(18(28)26-21-23-13(8-32-21)7-15(22)27)30-10-16-24-19(29)17-14(9-31-20(17)25-16)12-5-3-2-4-6-12/h2-6,8-9,11H,7,10H2,1H3,(H2,22,27)(H,23,26,28)(H,24,25,29)/t11-/m1/s1. The number of aromatic amines is 1. The van der Waals surface area contributed by atoms with Gasteiger partial charge in [-0.3, -0.25) is 14.4 Å². The van der Waals surface area contributed by atoms with E-state index in [0.29, 0.717) is 32.6 Å². The minimum absolute atomic E-state index is 0.0346. The summed E-state index contributed by atoms with van der Waals surface area (Å²) in [6, 6.07) is 9.72. The summed E-state index contributed by atoms with van der Waals surface area (Å²) in [5, 5.41) is 6.96. The van der Waals surface area contributed by atoms with Crippen LogP contribution >= 0.6 is 34.4 Å². The van der Waals surface area contributed by atoms with E-state index < -0.39 is 11.2 Å². The molecular weight excluding hydrogens is 466 g/mol. The first-order valence-corrected chi connectivity index (χ1v) is 12.4. The third kappa shape index (κ3) is 5.06. The summed E-state index contributed by atoms with van der Waals surface area (Å²) in [4.78, 5) is 48.5. The van der Waals surface area contributed by atoms with Crippen molar-refractivity contribution in [1.82, 2.24) is 15.0 Å². The first-order valence-electron chi connectivity index (χ1n) is 9.61. The lowest BCUT2D eigenvalue weighted by molar-refractivity contribution is -0.117. The highest BCUT2D eigenvalue weighted by molar-refractivity contribution is 7.99. The number of anilines is 1. The van der Waals surface area contributed by atoms with Gasteiger partial charge in [0.1, 0.15) is 10.7 Å². The molecule has 0 aliphatic rings. The van der Waals surface area contributed by atoms with Crippen LogP contribution in [0.15, 0.2) is 45.9 Å². The zero-order chi connectivity index (χ0) is 22.7. The number of hydrogen-bond acceptors (Lipinski definition) is 8. The quantitative estimate of drug-likeness (QED) is 0.351. The van der Waals surface area contributed by atoms with Gasteiger partial charge in [0.25, 0.3) is 5.56 Å². The molecule has 11 heteroatoms. The first kappa shape index (κ1) is 22.2. The SMILES string of the molecule is C[C@@H](SCc1nc2scc(-c3ccccc3)c2c(=O)[nH]1)C(=O)Nc1nc(CC(N)=O)cs1. The normalized spacial score (nSPS) is 12.0. The van der Waals surface area contributed by atoms with Crippen LogP contribution in [-0.2, 0) is 21.8 Å². The number of rotatable bonds is 8. The Morgan fingerprint density at radius 3 is 2.72 bits per heavy atom. The van der Waals surface area contributed by atoms with Crippen molar-refractivity contribution in [1.29, 1.82) is 0 Å². The number of fused-ring (bicyclic) bond motifs is 1. The largest absolute Gasteiger partial charge is 0.369 e. The summed E-state index contributed by atoms with van der Waals surface area (Å²) in [6.07, 6.45) is 0.0346. The van der Waals surface area contributed by atoms with Crippen molar-refractivity contribution in [2.75, 3.05) is 5.32 Å². The molecule has 3 aromatic heterocycles. The fraction of sp³-hybridized carbons (Fsp3) is 0.190. The predicted octanol–water partition coefficient (Wildman–Crippen LogP) is 3.40. The third-order valence-electron chi connectivity index (χ3n) is 4.55. The van der Waals surface area contributed by atoms with E-state index in [2.05, 4.69) is 20.3 Å². The molecule has 164 valence electrons. The van der Waals surface area contributed by atoms with Crippen LogP contribution in [0.5, 0.6) is 0 Å². The Hall–Kier alpha value is -3.02. The average molecular weight is 486 g/mol. The molecule has 32 heavy (non-hydrogen) atoms. The Morgan fingerprint density at radius 1 is 1.19 bits per heavy atom. The number of carbonyl (C=O) groups is 2. The van der Waals surface area contributed by atoms with Crippen LogP contribution in [0.25, 0.3) is 21.3 Å². The monoisotopic (exact) mass is 485 g/mol. The van der Waals surface area contributed by atoms with Gasteiger partial charge in [0.2, 0.25) is 11.8 Å². The van der Waals surface area contributed by atoms with Crippen LogP contribution in [-0.4, -0.2) is 32.0 Å². The minimum atomic E-state index is -0.475. The second-order valence-electron chi connectivity index (χ2n) is 6.94. The molecule has 0 saturated carbocycles. The molecule has 4 rings (SSSR count). The zero-order valence-electron chi connectivity index (χ0n) is 17.0. The van der Waals surface area contributed by atoms with E-state index in [1.54, 1.807) is 12.3 Å². The average Bonchev–Trinajstić information content (AvgIpc) is 3.39. The molecule has 1 aromatic carbocycles. The Labute approximate surface area is 195 Å². The molecule has 8 nitrogen and oxygen atoms in total. The molecular formula is C21H19N5O3S3. The second kappa shape index (κ2) is 9.63. The van der Waals surface area contributed by atoms with E-state index in [4.69, 9.17) is 5.73 Å². The Kier molecular flexibility index (Phi) is 6.68. The molecule has 0 aliphatic heterocycles. The molecule has 3 heterocycles. The van der Waals surface area contributed by atoms with E-state index in [9.17, 15) is 14.4 Å². The predicted molar refractivity (Wildman–Crippen MR) is 130 cm³/mol. The summed E-state index contributed by atoms with van der Waals surface area (Å²) in [7, 11) is 0. The highest BCUT2D eigenvalue weighted by atomic mass is 32.2. The number of aromatic nitrogens is 3. The Bertz CT molecular complexity index is 1330. The Morgan fingerprint density at radius 2 is 1.97 bits per heavy atom. The molecule has 2 amide bonds. The van der Waals surface area contributed by atoms with Gasteiger partial charge in [0.15, 0.2) is 5.13 Å². The van der Waals surface area contributed by atoms with E-state index >= 15 is 0 Å². The third-order valence-corrected chi connectivity index (χ3v) is 7.39. The van der Waals surface area contributed by atoms with Crippen molar-refractivity contribution in [2.45, 2.75) is 24.3 Å². The maximum Gasteiger partial charge on any atom is 0.260 e. The lowest BCUT2D eigenvalue weighted by Gasteiger charge is -2.10. The number of carbonyl (C=O) groups excluding carboxylic acids is 2. The van der Waals surface area contributed by atoms with Gasteiger partial charge >= 0.3 is 0 Å². The van der Waals surface area contributed by atoms with Gasteiger partial charge in [-0.05, 0) is 12.5 Å². The first-order chi connectivity index (χ1) is 15.4. The van der Waals surface area contributed by atoms with E-state index in [-0.39, 0.29) is 17.9 Å². The summed E-state index contributed by atoms with van der Waals surface area (Å²) < 4.78 is 0. The van der Waals surface area contributed by atoms with Gasteiger partial charge in [-0.2, -0.15) is 0 Å². The maximum absolute atomic E-state index is 12.7. The van der Waals surface area contributed by atoms with Crippen LogP contribution in [0.1, 0.15) is 18.4 Å². The van der Waals surface area contributed by atoms with Gasteiger partial charge in [-0.15, -0.1) is 34.4 Å². The number of thiophene rings is 1. The highest BCUT2D eigenvalue weighted by Crippen LogP contribution is 2.31. The van der Waals surface area contributed by atoms with E-state index in [0.717, 1.165) is 11.1 Å². The number of hydrogen-bond donors (Lipinski definition) is 3. The van der Waals surface area contributed by atoms with Gasteiger partial charge in [-0.25, -0.2) is 9.97 Å². The fourth-order valence-electron chi connectivity index (χ4n) is 3.00. The summed E-state index contributed by atoms with van der Waals surface area (Å²) in [5.74, 6) is 0.202. The molecule has 4 N–H and O–H groups in total. The van der Waals surface area contributed by atoms with Crippen LogP contribution in [0.4, 0.5) is 5.13 Å². The number of nitrogens with zero attached hydrogens (tertiary/aromatic N) is 2. The van der Waals surface area contributed by atoms with Gasteiger partial charge < -0.3 is 16.0 Å². The number of nitrogens with one attached hydrogen (secondary N) is 2. The molecule has 0 bridgehead atoms. The van der Waals surface area contributed by atoms with Crippen LogP contribution < -0.4 is 16.6 Å². The van der Waals surface area contributed by atoms with Crippen molar-refractivity contribution >= 4 is 61.6 Å². The van der Waals surface area contributed by atoms with E-state index in [1.807, 2.05) is 35.7 Å². The van der Waals surface area contributed by atoms with Crippen molar-refractivity contribution in [3.63, 3.8) is 0 Å². The maximum atomic E-state index is 12.7. The van der Waals surface area contributed by atoms with Crippen molar-refractivity contribution in [3.8, 4) is 11.1 Å². The fourth-order valence-corrected chi connectivity index (χ4v) is 5.44. The van der Waals surface area contributed by atoms with Gasteiger partial charge in [0, 0.05) is 16.3 Å². The molecule has 4 aromatic rings. The van der Waals surface area contributed by atoms with Gasteiger partial charge in [-0.1, -0.05) is 30.3 Å². The van der Waals surface area contributed by atoms with Crippen molar-refractivity contribution < 1.29 is 9.59 Å². The van der Waals surface area contributed by atoms with Crippen LogP contribution in [0, 0.1) is 0 Å². The molecule has 1 atom stereocenters. The lowest BCUT2D eigenvalue weighted by Crippen LogP contribution is -2.23. The molecule has 0 radical (unpaired) electrons. The smallest absolute Gasteiger partial charge is 0.260 e. The molecule has 0 fully saturated rings. The second-order valence-corrected chi connectivity index (χ2v) is 9.98. The minimum Gasteiger partial charge on any atom is -0.369 e. The number of H-pyrrole nitrogens is 1. The Balaban J connectivity index is 1.41. The summed E-state index contributed by atoms with van der Waals surface area (Å²) >= 11 is 4.02. The number of amides is 2. The van der Waals surface area contributed by atoms with E-state index in [1.165, 1.54) is 34.4 Å². The molecule has 0 spiro atoms. The molecule has 0 unspecified atom stereocenters. The molecule has 0 aliphatic carbocycles. The zero-order valence-corrected chi connectivity index (χ0v) is 19.4. The number of benzene rings is 1. The van der Waals surface area contributed by atoms with Crippen LogP contribution in [0.3, 0.4) is 0 Å². The van der Waals surface area contributed by atoms with Gasteiger partial charge in [0.05, 0.1) is 28.5 Å². The van der Waals surface area contributed by atoms with Crippen molar-refractivity contribution in [3.05, 3.63) is 63.0 Å². The lowest BCUT2D eigenvalue weighted by atomic mass is 10.1. The number of nitrogens with two attached hydrogens (primary N) is 1. The number of thioether (sulfide) groups is 1. The number of thiazole rings is 1. The van der Waals surface area contributed by atoms with Crippen LogP contribution in [0.2, 0.25) is 0 Å². The highest BCUT2D eigenvalue weighted by Gasteiger charge is 2.18. The summed E-state index contributed by atoms with van der Waals surface area (Å²) in [5.41, 5.74) is 7.34. The summed E-state index contributed by atoms with van der Waals surface area (Å²) in [6.45, 7) is 1.77.